The maximum Gasteiger partial charge on any atom is 0.268 e. The van der Waals surface area contributed by atoms with Gasteiger partial charge in [-0.15, -0.1) is 0 Å². The van der Waals surface area contributed by atoms with Crippen molar-refractivity contribution >= 4 is 11.6 Å². The molecule has 0 radical (unpaired) electrons. The molecule has 1 heterocycles. The number of hydrogen-bond donors (Lipinski definition) is 1. The lowest BCUT2D eigenvalue weighted by molar-refractivity contribution is -0.00589. The number of ether oxygens (including phenoxy) is 2. The van der Waals surface area contributed by atoms with Crippen LogP contribution in [0.15, 0.2) is 12.1 Å². The molecule has 2 rings (SSSR count). The van der Waals surface area contributed by atoms with E-state index in [0.717, 1.165) is 0 Å². The summed E-state index contributed by atoms with van der Waals surface area (Å²) in [6.07, 6.45) is -4.04. The fraction of sp³-hybridized carbons (Fsp3) is 0.455. The van der Waals surface area contributed by atoms with Crippen molar-refractivity contribution in [2.24, 2.45) is 0 Å². The number of rotatable bonds is 2. The Kier molecular flexibility index (Phi) is 3.69. The number of hydrogen-bond acceptors (Lipinski definition) is 3. The summed E-state index contributed by atoms with van der Waals surface area (Å²) in [7, 11) is 0. The van der Waals surface area contributed by atoms with Gasteiger partial charge in [0.2, 0.25) is 0 Å². The van der Waals surface area contributed by atoms with E-state index in [1.54, 1.807) is 0 Å². The summed E-state index contributed by atoms with van der Waals surface area (Å²) < 4.78 is 35.5. The van der Waals surface area contributed by atoms with E-state index >= 15 is 0 Å². The van der Waals surface area contributed by atoms with Gasteiger partial charge in [-0.1, -0.05) is 11.6 Å². The Labute approximate surface area is 102 Å². The van der Waals surface area contributed by atoms with Crippen molar-refractivity contribution in [2.45, 2.75) is 19.0 Å². The fourth-order valence-corrected chi connectivity index (χ4v) is 1.84. The van der Waals surface area contributed by atoms with Crippen LogP contribution in [0.25, 0.3) is 0 Å². The van der Waals surface area contributed by atoms with Gasteiger partial charge in [-0.3, -0.25) is 0 Å². The fourth-order valence-electron chi connectivity index (χ4n) is 1.57. The summed E-state index contributed by atoms with van der Waals surface area (Å²) in [6.45, 7) is 0.890. The van der Waals surface area contributed by atoms with E-state index in [-0.39, 0.29) is 10.6 Å². The monoisotopic (exact) mass is 264 g/mol. The molecule has 1 N–H and O–H groups in total. The summed E-state index contributed by atoms with van der Waals surface area (Å²) in [6, 6.07) is 2.61. The molecule has 0 saturated carbocycles. The summed E-state index contributed by atoms with van der Waals surface area (Å²) >= 11 is 5.91. The first-order valence-corrected chi connectivity index (χ1v) is 5.52. The van der Waals surface area contributed by atoms with E-state index < -0.39 is 12.5 Å². The highest BCUT2D eigenvalue weighted by Crippen LogP contribution is 2.40. The van der Waals surface area contributed by atoms with Crippen molar-refractivity contribution in [1.29, 1.82) is 0 Å². The molecule has 0 aliphatic carbocycles. The van der Waals surface area contributed by atoms with Crippen LogP contribution in [0, 0.1) is 0 Å². The SMILES string of the molecule is OC(c1cc(Cl)c2c(c1)OCCCO2)C(F)F. The molecule has 0 fully saturated rings. The topological polar surface area (TPSA) is 38.7 Å². The normalized spacial score (nSPS) is 16.8. The maximum atomic E-state index is 12.4. The Bertz CT molecular complexity index is 412. The lowest BCUT2D eigenvalue weighted by Gasteiger charge is -2.14. The van der Waals surface area contributed by atoms with Crippen molar-refractivity contribution in [3.63, 3.8) is 0 Å². The molecule has 94 valence electrons. The zero-order valence-corrected chi connectivity index (χ0v) is 9.58. The Morgan fingerprint density at radius 3 is 2.65 bits per heavy atom. The van der Waals surface area contributed by atoms with E-state index in [2.05, 4.69) is 0 Å². The highest BCUT2D eigenvalue weighted by atomic mass is 35.5. The molecular formula is C11H11ClF2O3. The van der Waals surface area contributed by atoms with Crippen LogP contribution in [0.3, 0.4) is 0 Å². The van der Waals surface area contributed by atoms with Crippen molar-refractivity contribution in [3.05, 3.63) is 22.7 Å². The van der Waals surface area contributed by atoms with E-state index in [4.69, 9.17) is 21.1 Å². The van der Waals surface area contributed by atoms with Gasteiger partial charge in [-0.25, -0.2) is 8.78 Å². The third-order valence-corrected chi connectivity index (χ3v) is 2.69. The van der Waals surface area contributed by atoms with Crippen molar-refractivity contribution in [2.75, 3.05) is 13.2 Å². The Morgan fingerprint density at radius 2 is 1.94 bits per heavy atom. The van der Waals surface area contributed by atoms with Gasteiger partial charge < -0.3 is 14.6 Å². The quantitative estimate of drug-likeness (QED) is 0.893. The molecule has 1 aromatic carbocycles. The van der Waals surface area contributed by atoms with Crippen molar-refractivity contribution in [3.8, 4) is 11.5 Å². The second kappa shape index (κ2) is 5.06. The van der Waals surface area contributed by atoms with Gasteiger partial charge in [-0.05, 0) is 17.7 Å². The minimum absolute atomic E-state index is 0.0225. The van der Waals surface area contributed by atoms with Gasteiger partial charge in [0.05, 0.1) is 18.2 Å². The highest BCUT2D eigenvalue weighted by Gasteiger charge is 2.23. The van der Waals surface area contributed by atoms with Gasteiger partial charge in [0.1, 0.15) is 6.10 Å². The van der Waals surface area contributed by atoms with Gasteiger partial charge in [0.25, 0.3) is 6.43 Å². The molecule has 1 aromatic rings. The number of fused-ring (bicyclic) bond motifs is 1. The van der Waals surface area contributed by atoms with Gasteiger partial charge in [0, 0.05) is 6.42 Å². The molecule has 3 nitrogen and oxygen atoms in total. The first-order valence-electron chi connectivity index (χ1n) is 5.15. The summed E-state index contributed by atoms with van der Waals surface area (Å²) in [5, 5.41) is 9.45. The van der Waals surface area contributed by atoms with Crippen LogP contribution in [-0.2, 0) is 0 Å². The smallest absolute Gasteiger partial charge is 0.268 e. The number of halogens is 3. The van der Waals surface area contributed by atoms with E-state index in [9.17, 15) is 13.9 Å². The number of aliphatic hydroxyl groups is 1. The van der Waals surface area contributed by atoms with E-state index in [0.29, 0.717) is 31.1 Å². The van der Waals surface area contributed by atoms with Crippen LogP contribution in [-0.4, -0.2) is 24.7 Å². The number of alkyl halides is 2. The van der Waals surface area contributed by atoms with Crippen molar-refractivity contribution in [1.82, 2.24) is 0 Å². The summed E-state index contributed by atoms with van der Waals surface area (Å²) in [4.78, 5) is 0. The summed E-state index contributed by atoms with van der Waals surface area (Å²) in [5.74, 6) is 0.638. The molecule has 0 spiro atoms. The number of benzene rings is 1. The molecule has 1 aliphatic heterocycles. The molecule has 0 saturated heterocycles. The average Bonchev–Trinajstić information content (AvgIpc) is 2.53. The lowest BCUT2D eigenvalue weighted by Crippen LogP contribution is -2.08. The predicted octanol–water partition coefficient (Wildman–Crippen LogP) is 2.80. The average molecular weight is 265 g/mol. The molecule has 0 bridgehead atoms. The largest absolute Gasteiger partial charge is 0.489 e. The molecule has 0 aromatic heterocycles. The van der Waals surface area contributed by atoms with E-state index in [1.165, 1.54) is 12.1 Å². The Balaban J connectivity index is 2.38. The Hall–Kier alpha value is -1.07. The second-order valence-electron chi connectivity index (χ2n) is 3.66. The zero-order valence-electron chi connectivity index (χ0n) is 8.83. The predicted molar refractivity (Wildman–Crippen MR) is 58.0 cm³/mol. The van der Waals surface area contributed by atoms with Crippen LogP contribution in [0.2, 0.25) is 5.02 Å². The standard InChI is InChI=1S/C11H11ClF2O3/c12-7-4-6(9(15)11(13)14)5-8-10(7)17-3-1-2-16-8/h4-5,9,11,15H,1-3H2. The van der Waals surface area contributed by atoms with Gasteiger partial charge in [-0.2, -0.15) is 0 Å². The van der Waals surface area contributed by atoms with Crippen LogP contribution in [0.1, 0.15) is 18.1 Å². The van der Waals surface area contributed by atoms with Gasteiger partial charge in [0.15, 0.2) is 11.5 Å². The van der Waals surface area contributed by atoms with Crippen molar-refractivity contribution < 1.29 is 23.4 Å². The first-order chi connectivity index (χ1) is 8.09. The third kappa shape index (κ3) is 2.61. The van der Waals surface area contributed by atoms with Crippen LogP contribution < -0.4 is 9.47 Å². The minimum Gasteiger partial charge on any atom is -0.489 e. The number of aliphatic hydroxyl groups excluding tert-OH is 1. The van der Waals surface area contributed by atoms with Gasteiger partial charge >= 0.3 is 0 Å². The lowest BCUT2D eigenvalue weighted by atomic mass is 10.1. The second-order valence-corrected chi connectivity index (χ2v) is 4.07. The van der Waals surface area contributed by atoms with Crippen LogP contribution in [0.4, 0.5) is 8.78 Å². The molecule has 1 unspecified atom stereocenters. The molecule has 0 amide bonds. The van der Waals surface area contributed by atoms with Crippen LogP contribution in [0.5, 0.6) is 11.5 Å². The molecule has 1 aliphatic rings. The molecular weight excluding hydrogens is 254 g/mol. The third-order valence-electron chi connectivity index (χ3n) is 2.40. The Morgan fingerprint density at radius 1 is 1.24 bits per heavy atom. The highest BCUT2D eigenvalue weighted by molar-refractivity contribution is 6.32. The maximum absolute atomic E-state index is 12.4. The zero-order chi connectivity index (χ0) is 12.4. The first kappa shape index (κ1) is 12.4. The van der Waals surface area contributed by atoms with Crippen LogP contribution >= 0.6 is 11.6 Å². The minimum atomic E-state index is -2.86. The summed E-state index contributed by atoms with van der Waals surface area (Å²) in [5.41, 5.74) is 0.0225. The van der Waals surface area contributed by atoms with E-state index in [1.807, 2.05) is 0 Å². The molecule has 1 atom stereocenters. The molecule has 17 heavy (non-hydrogen) atoms. The molecule has 6 heteroatoms.